The number of morpholine rings is 1. The minimum atomic E-state index is -1.26. The third kappa shape index (κ3) is 5.49. The van der Waals surface area contributed by atoms with E-state index in [1.54, 1.807) is 24.3 Å². The fourth-order valence-electron chi connectivity index (χ4n) is 6.60. The fraction of sp³-hybridized carbons (Fsp3) is 0.533. The van der Waals surface area contributed by atoms with Crippen LogP contribution in [0.3, 0.4) is 0 Å². The highest BCUT2D eigenvalue weighted by Gasteiger charge is 2.66. The van der Waals surface area contributed by atoms with Gasteiger partial charge in [0.2, 0.25) is 11.8 Å². The van der Waals surface area contributed by atoms with Crippen LogP contribution in [0.5, 0.6) is 0 Å². The summed E-state index contributed by atoms with van der Waals surface area (Å²) >= 11 is 12.6. The van der Waals surface area contributed by atoms with E-state index in [2.05, 4.69) is 41.6 Å². The molecule has 7 nitrogen and oxygen atoms in total. The van der Waals surface area contributed by atoms with Crippen LogP contribution in [0.25, 0.3) is 0 Å². The molecule has 10 heteroatoms. The zero-order valence-corrected chi connectivity index (χ0v) is 24.7. The van der Waals surface area contributed by atoms with Crippen LogP contribution in [0.2, 0.25) is 10.0 Å². The van der Waals surface area contributed by atoms with Crippen LogP contribution < -0.4 is 16.0 Å². The highest BCUT2D eigenvalue weighted by Crippen LogP contribution is 2.57. The number of ether oxygens (including phenoxy) is 1. The van der Waals surface area contributed by atoms with Gasteiger partial charge in [-0.25, -0.2) is 4.39 Å². The highest BCUT2D eigenvalue weighted by atomic mass is 35.5. The molecule has 0 aliphatic carbocycles. The van der Waals surface area contributed by atoms with Crippen molar-refractivity contribution < 1.29 is 18.7 Å². The molecular formula is C30H37Cl2FN4O3. The molecule has 2 aromatic rings. The largest absolute Gasteiger partial charge is 0.379 e. The Labute approximate surface area is 245 Å². The molecule has 3 N–H and O–H groups in total. The molecule has 3 aliphatic rings. The molecular weight excluding hydrogens is 554 g/mol. The summed E-state index contributed by atoms with van der Waals surface area (Å²) in [5, 5.41) is 10.0. The van der Waals surface area contributed by atoms with E-state index in [4.69, 9.17) is 27.9 Å². The number of hydrogen-bond acceptors (Lipinski definition) is 5. The number of hydrogen-bond donors (Lipinski definition) is 3. The number of benzene rings is 2. The normalized spacial score (nSPS) is 26.6. The lowest BCUT2D eigenvalue weighted by molar-refractivity contribution is -0.123. The van der Waals surface area contributed by atoms with Crippen LogP contribution >= 0.6 is 23.2 Å². The van der Waals surface area contributed by atoms with Gasteiger partial charge in [-0.1, -0.05) is 62.2 Å². The van der Waals surface area contributed by atoms with Gasteiger partial charge in [-0.15, -0.1) is 0 Å². The van der Waals surface area contributed by atoms with Crippen LogP contribution in [-0.2, 0) is 19.7 Å². The van der Waals surface area contributed by atoms with Crippen molar-refractivity contribution in [1.29, 1.82) is 0 Å². The zero-order chi connectivity index (χ0) is 28.7. The van der Waals surface area contributed by atoms with Crippen LogP contribution in [0.15, 0.2) is 36.4 Å². The van der Waals surface area contributed by atoms with Crippen LogP contribution in [0, 0.1) is 11.2 Å². The molecule has 0 saturated carbocycles. The van der Waals surface area contributed by atoms with Gasteiger partial charge in [-0.2, -0.15) is 0 Å². The molecule has 0 aromatic heterocycles. The van der Waals surface area contributed by atoms with Gasteiger partial charge < -0.3 is 20.7 Å². The SMILES string of the molecule is CC(C)(C)C[C@H]1N[C@@H](C(=O)NCCCN2CCOCC2)[C@H](c2cccc(Cl)c2F)[C@@]12C(=O)Nc1cc(Cl)ccc12. The molecule has 2 fully saturated rings. The maximum atomic E-state index is 15.8. The van der Waals surface area contributed by atoms with Gasteiger partial charge in [0.05, 0.1) is 24.3 Å². The number of anilines is 1. The first-order valence-corrected chi connectivity index (χ1v) is 14.7. The van der Waals surface area contributed by atoms with E-state index >= 15 is 4.39 Å². The second-order valence-corrected chi connectivity index (χ2v) is 13.0. The summed E-state index contributed by atoms with van der Waals surface area (Å²) in [7, 11) is 0. The van der Waals surface area contributed by atoms with Crippen molar-refractivity contribution in [3.05, 3.63) is 63.4 Å². The van der Waals surface area contributed by atoms with E-state index in [0.29, 0.717) is 29.2 Å². The molecule has 2 amide bonds. The predicted octanol–water partition coefficient (Wildman–Crippen LogP) is 4.72. The smallest absolute Gasteiger partial charge is 0.237 e. The van der Waals surface area contributed by atoms with Gasteiger partial charge in [0.15, 0.2) is 0 Å². The van der Waals surface area contributed by atoms with Crippen molar-refractivity contribution in [2.75, 3.05) is 44.7 Å². The molecule has 5 rings (SSSR count). The third-order valence-electron chi connectivity index (χ3n) is 8.28. The van der Waals surface area contributed by atoms with Crippen LogP contribution in [0.1, 0.15) is 50.7 Å². The van der Waals surface area contributed by atoms with Crippen molar-refractivity contribution in [2.24, 2.45) is 5.41 Å². The number of halogens is 3. The van der Waals surface area contributed by atoms with E-state index in [-0.39, 0.29) is 27.8 Å². The van der Waals surface area contributed by atoms with Gasteiger partial charge in [0.25, 0.3) is 0 Å². The van der Waals surface area contributed by atoms with Crippen molar-refractivity contribution in [2.45, 2.75) is 57.0 Å². The van der Waals surface area contributed by atoms with Gasteiger partial charge >= 0.3 is 0 Å². The van der Waals surface area contributed by atoms with E-state index < -0.39 is 29.2 Å². The maximum absolute atomic E-state index is 15.8. The van der Waals surface area contributed by atoms with Crippen molar-refractivity contribution in [1.82, 2.24) is 15.5 Å². The van der Waals surface area contributed by atoms with Crippen LogP contribution in [-0.4, -0.2) is 68.2 Å². The van der Waals surface area contributed by atoms with Gasteiger partial charge in [0.1, 0.15) is 11.2 Å². The Morgan fingerprint density at radius 2 is 1.95 bits per heavy atom. The van der Waals surface area contributed by atoms with Crippen molar-refractivity contribution in [3.8, 4) is 0 Å². The van der Waals surface area contributed by atoms with E-state index in [9.17, 15) is 9.59 Å². The minimum absolute atomic E-state index is 0.0497. The quantitative estimate of drug-likeness (QED) is 0.406. The second-order valence-electron chi connectivity index (χ2n) is 12.2. The molecule has 0 unspecified atom stereocenters. The summed E-state index contributed by atoms with van der Waals surface area (Å²) < 4.78 is 21.2. The minimum Gasteiger partial charge on any atom is -0.379 e. The number of nitrogens with zero attached hydrogens (tertiary/aromatic N) is 1. The summed E-state index contributed by atoms with van der Waals surface area (Å²) in [6, 6.07) is 8.73. The van der Waals surface area contributed by atoms with Crippen LogP contribution in [0.4, 0.5) is 10.1 Å². The molecule has 216 valence electrons. The Hall–Kier alpha value is -2.23. The Bertz CT molecular complexity index is 1280. The highest BCUT2D eigenvalue weighted by molar-refractivity contribution is 6.31. The molecule has 40 heavy (non-hydrogen) atoms. The van der Waals surface area contributed by atoms with E-state index in [0.717, 1.165) is 39.3 Å². The number of carbonyl (C=O) groups excluding carboxylic acids is 2. The zero-order valence-electron chi connectivity index (χ0n) is 23.2. The average Bonchev–Trinajstić information content (AvgIpc) is 3.37. The first-order chi connectivity index (χ1) is 19.0. The second kappa shape index (κ2) is 11.6. The van der Waals surface area contributed by atoms with Crippen molar-refractivity contribution in [3.63, 3.8) is 0 Å². The monoisotopic (exact) mass is 590 g/mol. The molecule has 4 atom stereocenters. The summed E-state index contributed by atoms with van der Waals surface area (Å²) in [5.41, 5.74) is 0.0750. The Morgan fingerprint density at radius 3 is 2.67 bits per heavy atom. The number of rotatable bonds is 7. The molecule has 3 heterocycles. The maximum Gasteiger partial charge on any atom is 0.237 e. The van der Waals surface area contributed by atoms with Gasteiger partial charge in [-0.05, 0) is 54.1 Å². The summed E-state index contributed by atoms with van der Waals surface area (Å²) in [5.74, 6) is -2.01. The van der Waals surface area contributed by atoms with Crippen molar-refractivity contribution >= 4 is 40.7 Å². The molecule has 3 aliphatic heterocycles. The summed E-state index contributed by atoms with van der Waals surface area (Å²) in [4.78, 5) is 30.3. The average molecular weight is 592 g/mol. The number of carbonyl (C=O) groups is 2. The molecule has 0 radical (unpaired) electrons. The lowest BCUT2D eigenvalue weighted by Crippen LogP contribution is -2.49. The van der Waals surface area contributed by atoms with Gasteiger partial charge in [0, 0.05) is 42.3 Å². The number of fused-ring (bicyclic) bond motifs is 2. The number of nitrogens with one attached hydrogen (secondary N) is 3. The lowest BCUT2D eigenvalue weighted by Gasteiger charge is -2.37. The van der Waals surface area contributed by atoms with Gasteiger partial charge in [-0.3, -0.25) is 14.5 Å². The number of amides is 2. The lowest BCUT2D eigenvalue weighted by atomic mass is 9.62. The standard InChI is InChI=1S/C30H37Cl2FN4O3/c1-29(2,3)17-23-30(20-9-8-18(31)16-22(20)35-28(30)39)24(19-6-4-7-21(32)25(19)33)26(36-23)27(38)34-10-5-11-37-12-14-40-15-13-37/h4,6-9,16,23-24,26,36H,5,10-15,17H2,1-3H3,(H,34,38)(H,35,39)/t23-,24+,26-,30+/m1/s1. The topological polar surface area (TPSA) is 82.7 Å². The third-order valence-corrected chi connectivity index (χ3v) is 8.80. The molecule has 0 bridgehead atoms. The summed E-state index contributed by atoms with van der Waals surface area (Å²) in [6.45, 7) is 10.8. The first-order valence-electron chi connectivity index (χ1n) is 13.9. The fourth-order valence-corrected chi connectivity index (χ4v) is 6.96. The van der Waals surface area contributed by atoms with E-state index in [1.165, 1.54) is 6.07 Å². The Kier molecular flexibility index (Phi) is 8.47. The molecule has 2 aromatic carbocycles. The molecule has 1 spiro atoms. The predicted molar refractivity (Wildman–Crippen MR) is 156 cm³/mol. The Balaban J connectivity index is 1.54. The Morgan fingerprint density at radius 1 is 1.20 bits per heavy atom. The molecule has 2 saturated heterocycles. The first kappa shape index (κ1) is 29.3. The summed E-state index contributed by atoms with van der Waals surface area (Å²) in [6.07, 6.45) is 1.34. The van der Waals surface area contributed by atoms with E-state index in [1.807, 2.05) is 6.07 Å².